The van der Waals surface area contributed by atoms with Crippen LogP contribution < -0.4 is 0 Å². The summed E-state index contributed by atoms with van der Waals surface area (Å²) in [5, 5.41) is 0. The van der Waals surface area contributed by atoms with Crippen molar-refractivity contribution in [3.63, 3.8) is 0 Å². The Morgan fingerprint density at radius 1 is 1.00 bits per heavy atom. The van der Waals surface area contributed by atoms with E-state index in [1.807, 2.05) is 0 Å². The first-order chi connectivity index (χ1) is 5.70. The molecule has 0 aromatic carbocycles. The molecule has 0 aromatic rings. The highest BCUT2D eigenvalue weighted by atomic mass is 14.0. The second-order valence-electron chi connectivity index (χ2n) is 3.47. The quantitative estimate of drug-likeness (QED) is 0.528. The second-order valence-corrected chi connectivity index (χ2v) is 3.47. The van der Waals surface area contributed by atoms with E-state index >= 15 is 0 Å². The van der Waals surface area contributed by atoms with E-state index in [9.17, 15) is 0 Å². The topological polar surface area (TPSA) is 0 Å². The lowest BCUT2D eigenvalue weighted by molar-refractivity contribution is 0.935. The minimum absolute atomic E-state index is 1.16. The summed E-state index contributed by atoms with van der Waals surface area (Å²) in [5.74, 6) is 0. The standard InChI is InChI=1S/C12H22/c1-5-7-9-12(4)10-11(3)8-6-2/h8-9H,5-7,10H2,1-4H3/b11-8?,12-9+. The second kappa shape index (κ2) is 7.15. The number of allylic oxidation sites excluding steroid dienone is 4. The smallest absolute Gasteiger partial charge is 0.0114 e. The van der Waals surface area contributed by atoms with E-state index in [0.717, 1.165) is 12.8 Å². The van der Waals surface area contributed by atoms with Crippen LogP contribution in [0.2, 0.25) is 0 Å². The Bertz CT molecular complexity index is 161. The molecule has 0 unspecified atom stereocenters. The Labute approximate surface area is 77.4 Å². The Morgan fingerprint density at radius 3 is 2.08 bits per heavy atom. The highest BCUT2D eigenvalue weighted by Crippen LogP contribution is 2.11. The molecule has 0 bridgehead atoms. The highest BCUT2D eigenvalue weighted by molar-refractivity contribution is 5.11. The minimum Gasteiger partial charge on any atom is -0.0856 e. The van der Waals surface area contributed by atoms with Crippen LogP contribution in [0, 0.1) is 0 Å². The van der Waals surface area contributed by atoms with Gasteiger partial charge in [0.25, 0.3) is 0 Å². The van der Waals surface area contributed by atoms with Crippen LogP contribution in [-0.4, -0.2) is 0 Å². The zero-order chi connectivity index (χ0) is 9.40. The maximum Gasteiger partial charge on any atom is -0.0114 e. The summed E-state index contributed by atoms with van der Waals surface area (Å²) in [6.07, 6.45) is 9.47. The van der Waals surface area contributed by atoms with E-state index in [-0.39, 0.29) is 0 Å². The average Bonchev–Trinajstić information content (AvgIpc) is 2.01. The zero-order valence-electron chi connectivity index (χ0n) is 8.98. The van der Waals surface area contributed by atoms with E-state index in [1.54, 1.807) is 0 Å². The maximum atomic E-state index is 2.35. The lowest BCUT2D eigenvalue weighted by Crippen LogP contribution is -1.80. The summed E-state index contributed by atoms with van der Waals surface area (Å²) < 4.78 is 0. The monoisotopic (exact) mass is 166 g/mol. The third-order valence-electron chi connectivity index (χ3n) is 1.89. The average molecular weight is 166 g/mol. The molecule has 0 aromatic heterocycles. The van der Waals surface area contributed by atoms with Crippen molar-refractivity contribution in [3.8, 4) is 0 Å². The molecule has 0 aliphatic rings. The molecular weight excluding hydrogens is 144 g/mol. The third kappa shape index (κ3) is 6.21. The number of unbranched alkanes of at least 4 members (excludes halogenated alkanes) is 1. The third-order valence-corrected chi connectivity index (χ3v) is 1.89. The van der Waals surface area contributed by atoms with E-state index in [0.29, 0.717) is 0 Å². The van der Waals surface area contributed by atoms with Gasteiger partial charge in [-0.05, 0) is 33.1 Å². The Morgan fingerprint density at radius 2 is 1.58 bits per heavy atom. The maximum absolute atomic E-state index is 2.35. The predicted molar refractivity (Wildman–Crippen MR) is 57.3 cm³/mol. The van der Waals surface area contributed by atoms with Gasteiger partial charge in [0.2, 0.25) is 0 Å². The number of hydrogen-bond donors (Lipinski definition) is 0. The van der Waals surface area contributed by atoms with Crippen LogP contribution >= 0.6 is 0 Å². The SMILES string of the molecule is CCC=C(C)C/C(C)=C/CCC. The summed E-state index contributed by atoms with van der Waals surface area (Å²) in [6.45, 7) is 8.85. The van der Waals surface area contributed by atoms with Crippen LogP contribution in [0.4, 0.5) is 0 Å². The molecule has 12 heavy (non-hydrogen) atoms. The summed E-state index contributed by atoms with van der Waals surface area (Å²) in [7, 11) is 0. The molecule has 0 heteroatoms. The molecular formula is C12H22. The van der Waals surface area contributed by atoms with E-state index in [4.69, 9.17) is 0 Å². The minimum atomic E-state index is 1.16. The molecule has 0 rings (SSSR count). The van der Waals surface area contributed by atoms with Gasteiger partial charge in [-0.15, -0.1) is 0 Å². The molecule has 70 valence electrons. The first kappa shape index (κ1) is 11.5. The molecule has 0 fully saturated rings. The van der Waals surface area contributed by atoms with E-state index < -0.39 is 0 Å². The normalized spacial score (nSPS) is 13.7. The van der Waals surface area contributed by atoms with Gasteiger partial charge in [-0.2, -0.15) is 0 Å². The number of hydrogen-bond acceptors (Lipinski definition) is 0. The first-order valence-electron chi connectivity index (χ1n) is 5.02. The first-order valence-corrected chi connectivity index (χ1v) is 5.02. The van der Waals surface area contributed by atoms with Crippen LogP contribution in [-0.2, 0) is 0 Å². The van der Waals surface area contributed by atoms with Crippen LogP contribution in [0.5, 0.6) is 0 Å². The van der Waals surface area contributed by atoms with Crippen LogP contribution in [0.3, 0.4) is 0 Å². The Balaban J connectivity index is 3.82. The molecule has 0 radical (unpaired) electrons. The molecule has 0 spiro atoms. The van der Waals surface area contributed by atoms with Crippen molar-refractivity contribution in [2.45, 2.75) is 53.4 Å². The fraction of sp³-hybridized carbons (Fsp3) is 0.667. The van der Waals surface area contributed by atoms with Crippen molar-refractivity contribution < 1.29 is 0 Å². The van der Waals surface area contributed by atoms with Gasteiger partial charge >= 0.3 is 0 Å². The lowest BCUT2D eigenvalue weighted by Gasteiger charge is -2.01. The molecule has 0 nitrogen and oxygen atoms in total. The van der Waals surface area contributed by atoms with Crippen molar-refractivity contribution in [2.24, 2.45) is 0 Å². The van der Waals surface area contributed by atoms with Gasteiger partial charge in [0, 0.05) is 0 Å². The molecule has 0 aliphatic carbocycles. The van der Waals surface area contributed by atoms with E-state index in [2.05, 4.69) is 39.8 Å². The van der Waals surface area contributed by atoms with Crippen LogP contribution in [0.15, 0.2) is 23.3 Å². The molecule has 0 saturated carbocycles. The highest BCUT2D eigenvalue weighted by Gasteiger charge is 1.90. The molecule has 0 atom stereocenters. The van der Waals surface area contributed by atoms with Crippen LogP contribution in [0.1, 0.15) is 53.4 Å². The summed E-state index contributed by atoms with van der Waals surface area (Å²) >= 11 is 0. The molecule has 0 aliphatic heterocycles. The van der Waals surface area contributed by atoms with Crippen LogP contribution in [0.25, 0.3) is 0 Å². The van der Waals surface area contributed by atoms with Gasteiger partial charge in [0.05, 0.1) is 0 Å². The fourth-order valence-corrected chi connectivity index (χ4v) is 1.32. The lowest BCUT2D eigenvalue weighted by atomic mass is 10.1. The fourth-order valence-electron chi connectivity index (χ4n) is 1.32. The largest absolute Gasteiger partial charge is 0.0856 e. The van der Waals surface area contributed by atoms with Gasteiger partial charge in [0.15, 0.2) is 0 Å². The van der Waals surface area contributed by atoms with Gasteiger partial charge in [-0.1, -0.05) is 43.6 Å². The van der Waals surface area contributed by atoms with Gasteiger partial charge in [-0.3, -0.25) is 0 Å². The van der Waals surface area contributed by atoms with Crippen molar-refractivity contribution in [3.05, 3.63) is 23.3 Å². The number of rotatable bonds is 5. The zero-order valence-corrected chi connectivity index (χ0v) is 8.98. The summed E-state index contributed by atoms with van der Waals surface area (Å²) in [4.78, 5) is 0. The van der Waals surface area contributed by atoms with Crippen molar-refractivity contribution in [1.82, 2.24) is 0 Å². The van der Waals surface area contributed by atoms with Gasteiger partial charge < -0.3 is 0 Å². The predicted octanol–water partition coefficient (Wildman–Crippen LogP) is 4.48. The van der Waals surface area contributed by atoms with Crippen molar-refractivity contribution >= 4 is 0 Å². The summed E-state index contributed by atoms with van der Waals surface area (Å²) in [6, 6.07) is 0. The Kier molecular flexibility index (Phi) is 6.84. The van der Waals surface area contributed by atoms with Crippen molar-refractivity contribution in [1.29, 1.82) is 0 Å². The van der Waals surface area contributed by atoms with Gasteiger partial charge in [0.1, 0.15) is 0 Å². The van der Waals surface area contributed by atoms with Gasteiger partial charge in [-0.25, -0.2) is 0 Å². The van der Waals surface area contributed by atoms with Crippen molar-refractivity contribution in [2.75, 3.05) is 0 Å². The van der Waals surface area contributed by atoms with E-state index in [1.165, 1.54) is 24.0 Å². The Hall–Kier alpha value is -0.520. The molecule has 0 N–H and O–H groups in total. The molecule has 0 saturated heterocycles. The molecule has 0 amide bonds. The summed E-state index contributed by atoms with van der Waals surface area (Å²) in [5.41, 5.74) is 3.02. The molecule has 0 heterocycles.